The van der Waals surface area contributed by atoms with Crippen LogP contribution in [0.4, 0.5) is 15.9 Å². The fraction of sp³-hybridized carbons (Fsp3) is 0. The monoisotopic (exact) mass is 235 g/mol. The van der Waals surface area contributed by atoms with E-state index in [-0.39, 0.29) is 11.6 Å². The first kappa shape index (κ1) is 10.8. The molecule has 0 aliphatic carbocycles. The van der Waals surface area contributed by atoms with Crippen LogP contribution in [0.25, 0.3) is 0 Å². The van der Waals surface area contributed by atoms with Gasteiger partial charge in [-0.05, 0) is 24.3 Å². The second-order valence-electron chi connectivity index (χ2n) is 3.16. The van der Waals surface area contributed by atoms with Gasteiger partial charge in [0.05, 0.1) is 5.69 Å². The van der Waals surface area contributed by atoms with Crippen LogP contribution < -0.4 is 11.5 Å². The molecule has 0 bridgehead atoms. The van der Waals surface area contributed by atoms with E-state index in [0.29, 0.717) is 15.6 Å². The minimum Gasteiger partial charge on any atom is -0.396 e. The van der Waals surface area contributed by atoms with Crippen LogP contribution in [0.5, 0.6) is 0 Å². The third-order valence-electron chi connectivity index (χ3n) is 1.98. The Bertz CT molecular complexity index is 516. The van der Waals surface area contributed by atoms with Gasteiger partial charge in [0.1, 0.15) is 16.7 Å². The first-order valence-corrected chi connectivity index (χ1v) is 5.43. The van der Waals surface area contributed by atoms with Crippen molar-refractivity contribution in [2.75, 3.05) is 11.5 Å². The third kappa shape index (κ3) is 2.25. The second-order valence-corrected chi connectivity index (χ2v) is 4.22. The van der Waals surface area contributed by atoms with Crippen LogP contribution in [0.15, 0.2) is 46.3 Å². The summed E-state index contributed by atoms with van der Waals surface area (Å²) in [5, 5.41) is 0.622. The van der Waals surface area contributed by atoms with E-state index in [4.69, 9.17) is 11.5 Å². The number of aromatic nitrogens is 1. The summed E-state index contributed by atoms with van der Waals surface area (Å²) in [4.78, 5) is 4.57. The van der Waals surface area contributed by atoms with E-state index in [9.17, 15) is 4.39 Å². The number of nitrogen functional groups attached to an aromatic ring is 2. The first-order valence-electron chi connectivity index (χ1n) is 4.61. The summed E-state index contributed by atoms with van der Waals surface area (Å²) in [7, 11) is 0. The Balaban J connectivity index is 2.28. The molecule has 0 fully saturated rings. The normalized spacial score (nSPS) is 10.3. The van der Waals surface area contributed by atoms with Gasteiger partial charge in [0.15, 0.2) is 0 Å². The van der Waals surface area contributed by atoms with Crippen molar-refractivity contribution in [1.29, 1.82) is 0 Å². The molecule has 82 valence electrons. The molecule has 0 aliphatic rings. The number of benzene rings is 1. The van der Waals surface area contributed by atoms with Crippen LogP contribution in [0.3, 0.4) is 0 Å². The van der Waals surface area contributed by atoms with Crippen molar-refractivity contribution in [1.82, 2.24) is 4.98 Å². The van der Waals surface area contributed by atoms with Crippen molar-refractivity contribution in [3.63, 3.8) is 0 Å². The Morgan fingerprint density at radius 3 is 2.50 bits per heavy atom. The lowest BCUT2D eigenvalue weighted by atomic mass is 10.3. The maximum absolute atomic E-state index is 13.4. The van der Waals surface area contributed by atoms with E-state index in [1.54, 1.807) is 30.3 Å². The molecule has 0 spiro atoms. The molecule has 0 saturated heterocycles. The van der Waals surface area contributed by atoms with Gasteiger partial charge in [0, 0.05) is 4.90 Å². The molecule has 3 nitrogen and oxygen atoms in total. The minimum absolute atomic E-state index is 0.265. The predicted octanol–water partition coefficient (Wildman–Crippen LogP) is 2.54. The van der Waals surface area contributed by atoms with Gasteiger partial charge in [-0.3, -0.25) is 0 Å². The average Bonchev–Trinajstić information content (AvgIpc) is 2.27. The fourth-order valence-electron chi connectivity index (χ4n) is 1.16. The van der Waals surface area contributed by atoms with Crippen LogP contribution in [-0.2, 0) is 0 Å². The molecule has 0 amide bonds. The number of pyridine rings is 1. The van der Waals surface area contributed by atoms with Gasteiger partial charge < -0.3 is 11.5 Å². The zero-order valence-corrected chi connectivity index (χ0v) is 9.17. The van der Waals surface area contributed by atoms with Gasteiger partial charge in [-0.15, -0.1) is 0 Å². The average molecular weight is 235 g/mol. The molecule has 5 heteroatoms. The highest BCUT2D eigenvalue weighted by Crippen LogP contribution is 2.29. The molecule has 4 N–H and O–H groups in total. The summed E-state index contributed by atoms with van der Waals surface area (Å²) in [6.07, 6.45) is 0. The lowest BCUT2D eigenvalue weighted by molar-refractivity contribution is 0.602. The summed E-state index contributed by atoms with van der Waals surface area (Å²) in [5.41, 5.74) is 11.5. The summed E-state index contributed by atoms with van der Waals surface area (Å²) in [6, 6.07) is 9.88. The maximum Gasteiger partial charge on any atom is 0.147 e. The van der Waals surface area contributed by atoms with Crippen molar-refractivity contribution >= 4 is 23.3 Å². The van der Waals surface area contributed by atoms with Gasteiger partial charge in [0.2, 0.25) is 0 Å². The van der Waals surface area contributed by atoms with Gasteiger partial charge in [-0.2, -0.15) is 0 Å². The van der Waals surface area contributed by atoms with Crippen molar-refractivity contribution in [3.8, 4) is 0 Å². The second kappa shape index (κ2) is 4.40. The van der Waals surface area contributed by atoms with E-state index in [0.717, 1.165) is 0 Å². The zero-order valence-electron chi connectivity index (χ0n) is 8.35. The van der Waals surface area contributed by atoms with Crippen molar-refractivity contribution in [3.05, 3.63) is 42.2 Å². The Morgan fingerprint density at radius 1 is 1.06 bits per heavy atom. The van der Waals surface area contributed by atoms with Crippen LogP contribution in [-0.4, -0.2) is 4.98 Å². The molecule has 0 radical (unpaired) electrons. The smallest absolute Gasteiger partial charge is 0.147 e. The number of hydrogen-bond acceptors (Lipinski definition) is 4. The number of halogens is 1. The molecule has 0 aliphatic heterocycles. The third-order valence-corrected chi connectivity index (χ3v) is 2.97. The topological polar surface area (TPSA) is 64.9 Å². The van der Waals surface area contributed by atoms with Crippen LogP contribution in [0.1, 0.15) is 0 Å². The standard InChI is InChI=1S/C11H10FN3S/c12-7-3-1-2-4-9(7)16-10-6-5-8(13)11(14)15-10/h1-6H,13H2,(H2,14,15). The molecule has 1 aromatic heterocycles. The summed E-state index contributed by atoms with van der Waals surface area (Å²) >= 11 is 1.22. The van der Waals surface area contributed by atoms with E-state index < -0.39 is 0 Å². The van der Waals surface area contributed by atoms with Crippen molar-refractivity contribution < 1.29 is 4.39 Å². The fourth-order valence-corrected chi connectivity index (χ4v) is 1.98. The zero-order chi connectivity index (χ0) is 11.5. The number of rotatable bonds is 2. The Hall–Kier alpha value is -1.75. The van der Waals surface area contributed by atoms with Crippen molar-refractivity contribution in [2.24, 2.45) is 0 Å². The molecule has 16 heavy (non-hydrogen) atoms. The van der Waals surface area contributed by atoms with E-state index in [1.165, 1.54) is 17.8 Å². The predicted molar refractivity (Wildman–Crippen MR) is 63.6 cm³/mol. The highest BCUT2D eigenvalue weighted by molar-refractivity contribution is 7.99. The molecule has 0 saturated carbocycles. The van der Waals surface area contributed by atoms with Gasteiger partial charge in [-0.25, -0.2) is 9.37 Å². The largest absolute Gasteiger partial charge is 0.396 e. The highest BCUT2D eigenvalue weighted by Gasteiger charge is 2.05. The number of hydrogen-bond donors (Lipinski definition) is 2. The molecule has 0 atom stereocenters. The quantitative estimate of drug-likeness (QED) is 0.839. The van der Waals surface area contributed by atoms with E-state index >= 15 is 0 Å². The molecule has 2 aromatic rings. The molecular formula is C11H10FN3S. The number of nitrogens with zero attached hydrogens (tertiary/aromatic N) is 1. The van der Waals surface area contributed by atoms with E-state index in [1.807, 2.05) is 0 Å². The van der Waals surface area contributed by atoms with Crippen LogP contribution in [0, 0.1) is 5.82 Å². The van der Waals surface area contributed by atoms with Gasteiger partial charge in [0.25, 0.3) is 0 Å². The number of anilines is 2. The Kier molecular flexibility index (Phi) is 2.96. The number of nitrogens with two attached hydrogens (primary N) is 2. The maximum atomic E-state index is 13.4. The van der Waals surface area contributed by atoms with Gasteiger partial charge in [-0.1, -0.05) is 23.9 Å². The summed E-state index contributed by atoms with van der Waals surface area (Å²) in [6.45, 7) is 0. The minimum atomic E-state index is -0.273. The van der Waals surface area contributed by atoms with E-state index in [2.05, 4.69) is 4.98 Å². The Morgan fingerprint density at radius 2 is 1.81 bits per heavy atom. The van der Waals surface area contributed by atoms with Crippen molar-refractivity contribution in [2.45, 2.75) is 9.92 Å². The lowest BCUT2D eigenvalue weighted by Gasteiger charge is -2.04. The molecule has 1 heterocycles. The molecular weight excluding hydrogens is 225 g/mol. The summed E-state index contributed by atoms with van der Waals surface area (Å²) < 4.78 is 13.4. The summed E-state index contributed by atoms with van der Waals surface area (Å²) in [5.74, 6) is -0.00830. The highest BCUT2D eigenvalue weighted by atomic mass is 32.2. The molecule has 2 rings (SSSR count). The molecule has 1 aromatic carbocycles. The van der Waals surface area contributed by atoms with Gasteiger partial charge >= 0.3 is 0 Å². The first-order chi connectivity index (χ1) is 7.66. The molecule has 0 unspecified atom stereocenters. The SMILES string of the molecule is Nc1ccc(Sc2ccccc2F)nc1N. The van der Waals surface area contributed by atoms with Crippen LogP contribution >= 0.6 is 11.8 Å². The lowest BCUT2D eigenvalue weighted by Crippen LogP contribution is -1.98. The van der Waals surface area contributed by atoms with Crippen LogP contribution in [0.2, 0.25) is 0 Å². The Labute approximate surface area is 96.7 Å².